The minimum Gasteiger partial charge on any atom is -0.496 e. The molecule has 158 valence electrons. The Kier molecular flexibility index (Phi) is 5.79. The number of anilines is 1. The van der Waals surface area contributed by atoms with Gasteiger partial charge in [0.05, 0.1) is 17.7 Å². The molecular formula is C23H17ClFNO5. The van der Waals surface area contributed by atoms with Gasteiger partial charge in [0.25, 0.3) is 5.91 Å². The predicted molar refractivity (Wildman–Crippen MR) is 114 cm³/mol. The Balaban J connectivity index is 1.53. The quantitative estimate of drug-likeness (QED) is 0.398. The van der Waals surface area contributed by atoms with Crippen LogP contribution in [0.2, 0.25) is 5.02 Å². The van der Waals surface area contributed by atoms with Crippen molar-refractivity contribution in [2.24, 2.45) is 0 Å². The summed E-state index contributed by atoms with van der Waals surface area (Å²) >= 11 is 5.81. The number of carbonyl (C=O) groups excluding carboxylic acids is 1. The summed E-state index contributed by atoms with van der Waals surface area (Å²) in [4.78, 5) is 12.6. The highest BCUT2D eigenvalue weighted by molar-refractivity contribution is 6.31. The second kappa shape index (κ2) is 8.67. The highest BCUT2D eigenvalue weighted by Gasteiger charge is 2.16. The summed E-state index contributed by atoms with van der Waals surface area (Å²) < 4.78 is 29.9. The third kappa shape index (κ3) is 4.33. The van der Waals surface area contributed by atoms with Gasteiger partial charge in [-0.3, -0.25) is 4.79 Å². The van der Waals surface area contributed by atoms with E-state index in [9.17, 15) is 14.3 Å². The van der Waals surface area contributed by atoms with E-state index in [1.165, 1.54) is 31.4 Å². The Bertz CT molecular complexity index is 1250. The minimum absolute atomic E-state index is 0.0326. The summed E-state index contributed by atoms with van der Waals surface area (Å²) in [5.74, 6) is 0.925. The molecule has 1 amide bonds. The van der Waals surface area contributed by atoms with E-state index in [2.05, 4.69) is 5.32 Å². The maximum atomic E-state index is 13.4. The Labute approximate surface area is 181 Å². The van der Waals surface area contributed by atoms with Crippen LogP contribution in [0.5, 0.6) is 5.75 Å². The van der Waals surface area contributed by atoms with Gasteiger partial charge in [0.1, 0.15) is 35.5 Å². The van der Waals surface area contributed by atoms with Crippen molar-refractivity contribution in [3.05, 3.63) is 83.0 Å². The summed E-state index contributed by atoms with van der Waals surface area (Å²) in [6.45, 7) is -0.203. The van der Waals surface area contributed by atoms with Gasteiger partial charge in [0.2, 0.25) is 0 Å². The number of benzene rings is 2. The molecule has 0 aliphatic carbocycles. The number of carbonyl (C=O) groups is 1. The molecule has 0 aliphatic heterocycles. The molecule has 2 N–H and O–H groups in total. The van der Waals surface area contributed by atoms with E-state index in [-0.39, 0.29) is 17.4 Å². The molecule has 0 bridgehead atoms. The molecule has 0 aliphatic rings. The summed E-state index contributed by atoms with van der Waals surface area (Å²) in [5.41, 5.74) is 1.72. The van der Waals surface area contributed by atoms with Gasteiger partial charge >= 0.3 is 0 Å². The van der Waals surface area contributed by atoms with Gasteiger partial charge in [0, 0.05) is 17.3 Å². The first kappa shape index (κ1) is 20.7. The van der Waals surface area contributed by atoms with Crippen LogP contribution in [0, 0.1) is 5.82 Å². The van der Waals surface area contributed by atoms with E-state index < -0.39 is 11.7 Å². The maximum absolute atomic E-state index is 13.4. The second-order valence-corrected chi connectivity index (χ2v) is 6.99. The summed E-state index contributed by atoms with van der Waals surface area (Å²) in [6, 6.07) is 15.8. The number of methoxy groups -OCH3 is 1. The first-order valence-corrected chi connectivity index (χ1v) is 9.61. The largest absolute Gasteiger partial charge is 0.496 e. The van der Waals surface area contributed by atoms with Crippen molar-refractivity contribution < 1.29 is 27.9 Å². The zero-order chi connectivity index (χ0) is 22.0. The topological polar surface area (TPSA) is 84.8 Å². The van der Waals surface area contributed by atoms with E-state index in [1.807, 2.05) is 0 Å². The normalized spacial score (nSPS) is 10.8. The molecule has 6 nitrogen and oxygen atoms in total. The lowest BCUT2D eigenvalue weighted by atomic mass is 10.1. The molecule has 8 heteroatoms. The number of hydrogen-bond donors (Lipinski definition) is 2. The molecule has 0 spiro atoms. The average Bonchev–Trinajstić information content (AvgIpc) is 3.45. The number of ether oxygens (including phenoxy) is 1. The summed E-state index contributed by atoms with van der Waals surface area (Å²) in [5, 5.41) is 11.9. The van der Waals surface area contributed by atoms with Gasteiger partial charge in [-0.2, -0.15) is 0 Å². The Morgan fingerprint density at radius 2 is 1.87 bits per heavy atom. The number of aliphatic hydroxyl groups excluding tert-OH is 1. The Hall–Kier alpha value is -3.55. The number of rotatable bonds is 6. The van der Waals surface area contributed by atoms with Crippen LogP contribution in [0.15, 0.2) is 69.5 Å². The van der Waals surface area contributed by atoms with Crippen LogP contribution in [0.1, 0.15) is 16.3 Å². The van der Waals surface area contributed by atoms with E-state index in [1.54, 1.807) is 36.4 Å². The molecule has 31 heavy (non-hydrogen) atoms. The average molecular weight is 442 g/mol. The highest BCUT2D eigenvalue weighted by Crippen LogP contribution is 2.34. The lowest BCUT2D eigenvalue weighted by molar-refractivity contribution is 0.0997. The smallest absolute Gasteiger partial charge is 0.291 e. The molecule has 0 fully saturated rings. The number of aliphatic hydroxyl groups is 1. The molecular weight excluding hydrogens is 425 g/mol. The highest BCUT2D eigenvalue weighted by atomic mass is 35.5. The molecule has 2 heterocycles. The molecule has 0 saturated carbocycles. The number of halogens is 2. The van der Waals surface area contributed by atoms with Crippen molar-refractivity contribution >= 4 is 23.2 Å². The third-order valence-corrected chi connectivity index (χ3v) is 4.87. The Morgan fingerprint density at radius 1 is 1.06 bits per heavy atom. The monoisotopic (exact) mass is 441 g/mol. The van der Waals surface area contributed by atoms with Crippen LogP contribution in [0.3, 0.4) is 0 Å². The molecule has 0 atom stereocenters. The van der Waals surface area contributed by atoms with Crippen LogP contribution in [0.25, 0.3) is 22.6 Å². The third-order valence-electron chi connectivity index (χ3n) is 4.58. The van der Waals surface area contributed by atoms with Gasteiger partial charge in [-0.25, -0.2) is 4.39 Å². The second-order valence-electron chi connectivity index (χ2n) is 6.59. The first-order valence-electron chi connectivity index (χ1n) is 9.23. The summed E-state index contributed by atoms with van der Waals surface area (Å²) in [7, 11) is 1.51. The fraction of sp³-hybridized carbons (Fsp3) is 0.0870. The van der Waals surface area contributed by atoms with Crippen LogP contribution >= 0.6 is 11.6 Å². The van der Waals surface area contributed by atoms with Crippen LogP contribution < -0.4 is 10.1 Å². The molecule has 0 saturated heterocycles. The lowest BCUT2D eigenvalue weighted by Crippen LogP contribution is -2.10. The first-order chi connectivity index (χ1) is 15.0. The van der Waals surface area contributed by atoms with E-state index in [0.29, 0.717) is 39.8 Å². The zero-order valence-corrected chi connectivity index (χ0v) is 17.1. The van der Waals surface area contributed by atoms with Gasteiger partial charge in [-0.15, -0.1) is 0 Å². The minimum atomic E-state index is -0.533. The van der Waals surface area contributed by atoms with Crippen molar-refractivity contribution in [1.82, 2.24) is 0 Å². The van der Waals surface area contributed by atoms with Gasteiger partial charge in [0.15, 0.2) is 5.76 Å². The molecule has 4 aromatic rings. The summed E-state index contributed by atoms with van der Waals surface area (Å²) in [6.07, 6.45) is 0. The number of nitrogens with one attached hydrogen (secondary N) is 1. The van der Waals surface area contributed by atoms with Gasteiger partial charge in [-0.1, -0.05) is 11.6 Å². The molecule has 2 aromatic carbocycles. The van der Waals surface area contributed by atoms with E-state index >= 15 is 0 Å². The van der Waals surface area contributed by atoms with E-state index in [0.717, 1.165) is 0 Å². The van der Waals surface area contributed by atoms with Crippen LogP contribution in [0.4, 0.5) is 10.1 Å². The standard InChI is InChI=1S/C23H17ClFNO5/c1-29-22-11-14(3-5-16(22)20-7-4-15(12-27)30-20)26-23(28)21-9-8-19(31-21)13-2-6-18(25)17(24)10-13/h2-11,27H,12H2,1H3,(H,26,28). The number of hydrogen-bond acceptors (Lipinski definition) is 5. The molecule has 4 rings (SSSR count). The van der Waals surface area contributed by atoms with Gasteiger partial charge < -0.3 is 24.0 Å². The van der Waals surface area contributed by atoms with Crippen LogP contribution in [-0.4, -0.2) is 18.1 Å². The molecule has 0 radical (unpaired) electrons. The van der Waals surface area contributed by atoms with Gasteiger partial charge in [-0.05, 0) is 54.6 Å². The maximum Gasteiger partial charge on any atom is 0.291 e. The van der Waals surface area contributed by atoms with Crippen molar-refractivity contribution in [3.63, 3.8) is 0 Å². The van der Waals surface area contributed by atoms with Crippen molar-refractivity contribution in [1.29, 1.82) is 0 Å². The SMILES string of the molecule is COc1cc(NC(=O)c2ccc(-c3ccc(F)c(Cl)c3)o2)ccc1-c1ccc(CO)o1. The van der Waals surface area contributed by atoms with Crippen molar-refractivity contribution in [2.45, 2.75) is 6.61 Å². The van der Waals surface area contributed by atoms with Crippen LogP contribution in [-0.2, 0) is 6.61 Å². The number of amides is 1. The fourth-order valence-corrected chi connectivity index (χ4v) is 3.22. The zero-order valence-electron chi connectivity index (χ0n) is 16.3. The van der Waals surface area contributed by atoms with Crippen molar-refractivity contribution in [3.8, 4) is 28.4 Å². The van der Waals surface area contributed by atoms with Crippen molar-refractivity contribution in [2.75, 3.05) is 12.4 Å². The molecule has 0 unspecified atom stereocenters. The Morgan fingerprint density at radius 3 is 2.58 bits per heavy atom. The molecule has 2 aromatic heterocycles. The van der Waals surface area contributed by atoms with E-state index in [4.69, 9.17) is 25.2 Å². The fourth-order valence-electron chi connectivity index (χ4n) is 3.04. The number of furan rings is 2. The predicted octanol–water partition coefficient (Wildman–Crippen LogP) is 5.75. The lowest BCUT2D eigenvalue weighted by Gasteiger charge is -2.10.